The van der Waals surface area contributed by atoms with Crippen LogP contribution in [0.15, 0.2) is 18.2 Å². The average molecular weight is 259 g/mol. The molecule has 0 heterocycles. The maximum atomic E-state index is 11.6. The number of non-ortho nitro benzene ring substituents is 1. The second-order valence-corrected chi connectivity index (χ2v) is 3.89. The van der Waals surface area contributed by atoms with Crippen molar-refractivity contribution in [1.29, 1.82) is 0 Å². The summed E-state index contributed by atoms with van der Waals surface area (Å²) in [5.74, 6) is -0.556. The van der Waals surface area contributed by atoms with Crippen LogP contribution in [-0.4, -0.2) is 28.6 Å². The van der Waals surface area contributed by atoms with Gasteiger partial charge in [0.1, 0.15) is 0 Å². The molecule has 0 aliphatic rings. The van der Waals surface area contributed by atoms with Gasteiger partial charge in [-0.3, -0.25) is 14.9 Å². The van der Waals surface area contributed by atoms with E-state index in [1.54, 1.807) is 0 Å². The Morgan fingerprint density at radius 1 is 1.65 bits per heavy atom. The summed E-state index contributed by atoms with van der Waals surface area (Å²) in [7, 11) is 0. The number of aliphatic hydroxyl groups excluding tert-OH is 1. The lowest BCUT2D eigenvalue weighted by Crippen LogP contribution is -2.30. The molecule has 1 amide bonds. The Morgan fingerprint density at radius 2 is 2.29 bits per heavy atom. The van der Waals surface area contributed by atoms with Gasteiger partial charge < -0.3 is 10.4 Å². The lowest BCUT2D eigenvalue weighted by molar-refractivity contribution is -0.384. The minimum atomic E-state index is -0.698. The predicted octanol–water partition coefficient (Wildman–Crippen LogP) is 1.36. The normalized spacial score (nSPS) is 11.9. The van der Waals surface area contributed by atoms with Gasteiger partial charge in [0.05, 0.1) is 21.6 Å². The quantitative estimate of drug-likeness (QED) is 0.630. The molecule has 1 rings (SSSR count). The Hall–Kier alpha value is -1.66. The van der Waals surface area contributed by atoms with E-state index in [9.17, 15) is 14.9 Å². The maximum absolute atomic E-state index is 11.6. The Bertz CT molecular complexity index is 448. The molecule has 0 saturated heterocycles. The minimum absolute atomic E-state index is 0.0153. The number of nitrogens with one attached hydrogen (secondary N) is 1. The zero-order valence-corrected chi connectivity index (χ0v) is 9.77. The smallest absolute Gasteiger partial charge is 0.270 e. The monoisotopic (exact) mass is 258 g/mol. The zero-order chi connectivity index (χ0) is 13.0. The number of benzene rings is 1. The topological polar surface area (TPSA) is 92.5 Å². The molecule has 1 aromatic carbocycles. The first-order valence-electron chi connectivity index (χ1n) is 4.82. The number of nitrogens with zero attached hydrogens (tertiary/aromatic N) is 1. The van der Waals surface area contributed by atoms with E-state index in [4.69, 9.17) is 16.7 Å². The number of aliphatic hydroxyl groups is 1. The number of nitro groups is 1. The number of hydrogen-bond donors (Lipinski definition) is 2. The predicted molar refractivity (Wildman–Crippen MR) is 62.1 cm³/mol. The van der Waals surface area contributed by atoms with E-state index in [0.717, 1.165) is 6.07 Å². The van der Waals surface area contributed by atoms with Gasteiger partial charge in [-0.2, -0.15) is 0 Å². The van der Waals surface area contributed by atoms with Gasteiger partial charge >= 0.3 is 0 Å². The van der Waals surface area contributed by atoms with Crippen LogP contribution in [0.25, 0.3) is 0 Å². The number of rotatable bonds is 4. The number of carbonyl (C=O) groups is 1. The Kier molecular flexibility index (Phi) is 4.42. The standard InChI is InChI=1S/C10H11ClN2O4/c1-6(14)5-12-10(15)8-4-7(13(16)17)2-3-9(8)11/h2-4,6,14H,5H2,1H3,(H,12,15)/t6-/m1/s1. The molecule has 0 fully saturated rings. The van der Waals surface area contributed by atoms with Gasteiger partial charge in [-0.25, -0.2) is 0 Å². The van der Waals surface area contributed by atoms with Gasteiger partial charge in [0.2, 0.25) is 0 Å². The molecular weight excluding hydrogens is 248 g/mol. The molecule has 6 nitrogen and oxygen atoms in total. The van der Waals surface area contributed by atoms with Gasteiger partial charge in [-0.05, 0) is 13.0 Å². The summed E-state index contributed by atoms with van der Waals surface area (Å²) >= 11 is 5.77. The van der Waals surface area contributed by atoms with E-state index in [1.165, 1.54) is 19.1 Å². The Labute approximate surface area is 102 Å². The molecule has 0 aliphatic carbocycles. The number of hydrogen-bond acceptors (Lipinski definition) is 4. The molecule has 2 N–H and O–H groups in total. The van der Waals surface area contributed by atoms with Gasteiger partial charge in [-0.15, -0.1) is 0 Å². The molecule has 0 aromatic heterocycles. The second kappa shape index (κ2) is 5.60. The number of nitro benzene ring substituents is 1. The minimum Gasteiger partial charge on any atom is -0.392 e. The van der Waals surface area contributed by atoms with E-state index >= 15 is 0 Å². The summed E-state index contributed by atoms with van der Waals surface area (Å²) in [6, 6.07) is 3.60. The molecule has 0 saturated carbocycles. The molecule has 0 spiro atoms. The highest BCUT2D eigenvalue weighted by atomic mass is 35.5. The van der Waals surface area contributed by atoms with Gasteiger partial charge in [-0.1, -0.05) is 11.6 Å². The third kappa shape index (κ3) is 3.69. The second-order valence-electron chi connectivity index (χ2n) is 3.48. The third-order valence-corrected chi connectivity index (χ3v) is 2.29. The Balaban J connectivity index is 2.92. The van der Waals surface area contributed by atoms with Crippen LogP contribution in [0.1, 0.15) is 17.3 Å². The lowest BCUT2D eigenvalue weighted by atomic mass is 10.2. The fourth-order valence-electron chi connectivity index (χ4n) is 1.14. The van der Waals surface area contributed by atoms with Crippen LogP contribution in [-0.2, 0) is 0 Å². The molecule has 1 atom stereocenters. The fraction of sp³-hybridized carbons (Fsp3) is 0.300. The van der Waals surface area contributed by atoms with E-state index in [1.807, 2.05) is 0 Å². The molecule has 7 heteroatoms. The summed E-state index contributed by atoms with van der Waals surface area (Å²) < 4.78 is 0. The van der Waals surface area contributed by atoms with Crippen LogP contribution in [0.5, 0.6) is 0 Å². The van der Waals surface area contributed by atoms with Crippen LogP contribution < -0.4 is 5.32 Å². The summed E-state index contributed by atoms with van der Waals surface area (Å²) in [5.41, 5.74) is -0.196. The van der Waals surface area contributed by atoms with Crippen LogP contribution in [0.2, 0.25) is 5.02 Å². The first-order chi connectivity index (χ1) is 7.91. The van der Waals surface area contributed by atoms with Crippen molar-refractivity contribution in [2.75, 3.05) is 6.54 Å². The molecule has 0 bridgehead atoms. The molecule has 17 heavy (non-hydrogen) atoms. The lowest BCUT2D eigenvalue weighted by Gasteiger charge is -2.08. The van der Waals surface area contributed by atoms with Crippen LogP contribution in [0, 0.1) is 10.1 Å². The summed E-state index contributed by atoms with van der Waals surface area (Å²) in [4.78, 5) is 21.6. The van der Waals surface area contributed by atoms with Crippen molar-refractivity contribution in [2.45, 2.75) is 13.0 Å². The van der Waals surface area contributed by atoms with Crippen molar-refractivity contribution in [3.05, 3.63) is 38.9 Å². The maximum Gasteiger partial charge on any atom is 0.270 e. The van der Waals surface area contributed by atoms with Gasteiger partial charge in [0.15, 0.2) is 0 Å². The SMILES string of the molecule is C[C@@H](O)CNC(=O)c1cc([N+](=O)[O-])ccc1Cl. The van der Waals surface area contributed by atoms with Crippen molar-refractivity contribution < 1.29 is 14.8 Å². The molecule has 0 unspecified atom stereocenters. The highest BCUT2D eigenvalue weighted by molar-refractivity contribution is 6.33. The van der Waals surface area contributed by atoms with Gasteiger partial charge in [0, 0.05) is 18.7 Å². The Morgan fingerprint density at radius 3 is 2.82 bits per heavy atom. The van der Waals surface area contributed by atoms with Crippen molar-refractivity contribution in [3.63, 3.8) is 0 Å². The van der Waals surface area contributed by atoms with E-state index in [-0.39, 0.29) is 22.8 Å². The average Bonchev–Trinajstić information content (AvgIpc) is 2.26. The highest BCUT2D eigenvalue weighted by Gasteiger charge is 2.15. The third-order valence-electron chi connectivity index (χ3n) is 1.96. The molecule has 0 aliphatic heterocycles. The zero-order valence-electron chi connectivity index (χ0n) is 9.01. The number of carbonyl (C=O) groups excluding carboxylic acids is 1. The van der Waals surface area contributed by atoms with Crippen molar-refractivity contribution >= 4 is 23.2 Å². The first-order valence-corrected chi connectivity index (χ1v) is 5.20. The first kappa shape index (κ1) is 13.4. The summed E-state index contributed by atoms with van der Waals surface area (Å²) in [5, 5.41) is 22.1. The summed E-state index contributed by atoms with van der Waals surface area (Å²) in [6.45, 7) is 1.56. The molecule has 0 radical (unpaired) electrons. The van der Waals surface area contributed by atoms with Crippen LogP contribution in [0.3, 0.4) is 0 Å². The molecular formula is C10H11ClN2O4. The fourth-order valence-corrected chi connectivity index (χ4v) is 1.34. The molecule has 1 aromatic rings. The van der Waals surface area contributed by atoms with Gasteiger partial charge in [0.25, 0.3) is 11.6 Å². The van der Waals surface area contributed by atoms with Crippen molar-refractivity contribution in [3.8, 4) is 0 Å². The van der Waals surface area contributed by atoms with Crippen molar-refractivity contribution in [1.82, 2.24) is 5.32 Å². The van der Waals surface area contributed by atoms with Crippen LogP contribution >= 0.6 is 11.6 Å². The van der Waals surface area contributed by atoms with E-state index < -0.39 is 16.9 Å². The van der Waals surface area contributed by atoms with Crippen LogP contribution in [0.4, 0.5) is 5.69 Å². The number of halogens is 1. The van der Waals surface area contributed by atoms with E-state index in [0.29, 0.717) is 0 Å². The van der Waals surface area contributed by atoms with E-state index in [2.05, 4.69) is 5.32 Å². The highest BCUT2D eigenvalue weighted by Crippen LogP contribution is 2.21. The van der Waals surface area contributed by atoms with Crippen molar-refractivity contribution in [2.24, 2.45) is 0 Å². The number of amides is 1. The summed E-state index contributed by atoms with van der Waals surface area (Å²) in [6.07, 6.45) is -0.698. The molecule has 92 valence electrons. The largest absolute Gasteiger partial charge is 0.392 e.